The Morgan fingerprint density at radius 3 is 1.04 bits per heavy atom. The largest absolute Gasteiger partial charge is 0.457 e. The van der Waals surface area contributed by atoms with E-state index < -0.39 is 15.9 Å². The number of anilines is 4. The first-order valence-corrected chi connectivity index (χ1v) is 45.8. The van der Waals surface area contributed by atoms with E-state index in [1.165, 1.54) is 35.7 Å². The standard InChI is InChI=1S/C26H26N6O2.C25H25N7O2.C25H23N7O2.C24H24N6O3S/c1-2-7-22(33)31-15-6-8-19(16-31)32-26-23(25(27)28-17-29-26)24(30-32)18-11-13-21(14-12-18)34-20-9-4-3-5-10-20;2*1-2-21(33)30-20-13-10-17(14-27-20)32-25-22(24(26)28-15-29-25)23(31-32)16-8-11-19(12-9-16)34-18-6-4-3-5-7-18;1-2-34(31,32)29-14-6-7-18(15-29)30-24-21(23(25)26-16-27-24)22(28-30)17-10-12-20(13-11-17)33-19-8-4-3-5-9-19/h2-5,7,9-14,17,19H,6,8,15-16H2,1H3,(H2,27,28,29);2-9,11-12,15,17,20,27H,1,10,13-14H2,(H,30,33)(H2,26,28,29);1,3-9,11-12,15,17,20,27H,10,13-14H2,(H,30,33)(H2,26,28,29);2-5,8-13,16,18H,1,6-7,14-15H2,(H2,25,26,27)/b7-2+;;;/t;2*17-,20+;/m.11./s1. The molecule has 0 bridgehead atoms. The summed E-state index contributed by atoms with van der Waals surface area (Å²) in [5, 5.41) is 35.7. The minimum Gasteiger partial charge on any atom is -0.457 e. The summed E-state index contributed by atoms with van der Waals surface area (Å²) < 4.78 is 57.3. The summed E-state index contributed by atoms with van der Waals surface area (Å²) >= 11 is 0. The number of carbonyl (C=O) groups excluding carboxylic acids is 3. The molecule has 36 heteroatoms. The quantitative estimate of drug-likeness (QED) is 0.0231. The molecule has 0 spiro atoms. The number of allylic oxidation sites excluding steroid dienone is 1. The number of carbonyl (C=O) groups is 3. The highest BCUT2D eigenvalue weighted by Crippen LogP contribution is 2.42. The lowest BCUT2D eigenvalue weighted by molar-refractivity contribution is -0.127. The Labute approximate surface area is 782 Å². The monoisotopic (exact) mass is 1840 g/mol. The summed E-state index contributed by atoms with van der Waals surface area (Å²) in [4.78, 5) is 72.1. The van der Waals surface area contributed by atoms with E-state index in [2.05, 4.69) is 80.2 Å². The van der Waals surface area contributed by atoms with E-state index in [9.17, 15) is 22.8 Å². The van der Waals surface area contributed by atoms with Crippen molar-refractivity contribution in [3.8, 4) is 103 Å². The Bertz CT molecular complexity index is 7130. The van der Waals surface area contributed by atoms with Crippen LogP contribution in [-0.4, -0.2) is 166 Å². The lowest BCUT2D eigenvalue weighted by Crippen LogP contribution is -2.50. The number of amides is 3. The second-order valence-electron chi connectivity index (χ2n) is 32.4. The highest BCUT2D eigenvalue weighted by molar-refractivity contribution is 7.92. The third-order valence-corrected chi connectivity index (χ3v) is 25.0. The average Bonchev–Trinajstić information content (AvgIpc) is 1.62. The summed E-state index contributed by atoms with van der Waals surface area (Å²) in [5.41, 5.74) is 33.9. The minimum absolute atomic E-state index is 0.00851. The molecule has 4 aliphatic heterocycles. The zero-order valence-corrected chi connectivity index (χ0v) is 75.0. The van der Waals surface area contributed by atoms with E-state index in [-0.39, 0.29) is 48.3 Å². The predicted octanol–water partition coefficient (Wildman–Crippen LogP) is 14.9. The number of likely N-dealkylation sites (tertiary alicyclic amines) is 1. The van der Waals surface area contributed by atoms with Crippen molar-refractivity contribution in [2.24, 2.45) is 0 Å². The molecule has 4 aliphatic rings. The van der Waals surface area contributed by atoms with Gasteiger partial charge in [-0.05, 0) is 222 Å². The molecule has 4 fully saturated rings. The lowest BCUT2D eigenvalue weighted by Gasteiger charge is -2.32. The van der Waals surface area contributed by atoms with Crippen LogP contribution < -0.4 is 63.1 Å². The molecule has 12 heterocycles. The molecule has 0 aliphatic carbocycles. The zero-order chi connectivity index (χ0) is 94.2. The van der Waals surface area contributed by atoms with Gasteiger partial charge in [0.2, 0.25) is 21.8 Å². The van der Waals surface area contributed by atoms with Crippen molar-refractivity contribution in [2.45, 2.75) is 94.8 Å². The van der Waals surface area contributed by atoms with Gasteiger partial charge in [-0.15, -0.1) is 6.42 Å². The van der Waals surface area contributed by atoms with Crippen molar-refractivity contribution in [1.82, 2.24) is 109 Å². The third kappa shape index (κ3) is 21.0. The number of sulfonamides is 1. The van der Waals surface area contributed by atoms with E-state index in [1.807, 2.05) is 244 Å². The number of fused-ring (bicyclic) bond motifs is 4. The number of ether oxygens (including phenoxy) is 4. The van der Waals surface area contributed by atoms with E-state index in [0.29, 0.717) is 119 Å². The first-order chi connectivity index (χ1) is 66.3. The maximum atomic E-state index is 12.4. The third-order valence-electron chi connectivity index (χ3n) is 23.5. The number of aromatic nitrogens is 16. The first kappa shape index (κ1) is 91.3. The summed E-state index contributed by atoms with van der Waals surface area (Å²) in [6.07, 6.45) is 21.7. The van der Waals surface area contributed by atoms with Gasteiger partial charge in [-0.1, -0.05) is 92.0 Å². The molecule has 0 radical (unpaired) electrons. The molecular formula is C100H98N26O9S. The van der Waals surface area contributed by atoms with Crippen LogP contribution in [0.25, 0.3) is 89.2 Å². The Hall–Kier alpha value is -16.6. The molecular weight excluding hydrogens is 1740 g/mol. The van der Waals surface area contributed by atoms with Crippen LogP contribution in [0.15, 0.2) is 280 Å². The van der Waals surface area contributed by atoms with Gasteiger partial charge in [0.15, 0.2) is 22.6 Å². The Morgan fingerprint density at radius 2 is 0.735 bits per heavy atom. The molecule has 20 rings (SSSR count). The smallest absolute Gasteiger partial charge is 0.296 e. The number of piperidine rings is 4. The van der Waals surface area contributed by atoms with Crippen LogP contribution in [0.1, 0.15) is 82.5 Å². The molecule has 0 saturated carbocycles. The number of nitrogens with two attached hydrogens (primary N) is 4. The van der Waals surface area contributed by atoms with Gasteiger partial charge in [0, 0.05) is 66.9 Å². The van der Waals surface area contributed by atoms with Crippen molar-refractivity contribution in [2.75, 3.05) is 62.2 Å². The topological polar surface area (TPSA) is 455 Å². The van der Waals surface area contributed by atoms with Gasteiger partial charge in [0.05, 0.1) is 58.0 Å². The van der Waals surface area contributed by atoms with Crippen LogP contribution in [0.4, 0.5) is 23.3 Å². The molecule has 8 aromatic carbocycles. The fourth-order valence-electron chi connectivity index (χ4n) is 16.9. The molecule has 136 heavy (non-hydrogen) atoms. The van der Waals surface area contributed by atoms with Gasteiger partial charge in [-0.2, -0.15) is 24.7 Å². The summed E-state index contributed by atoms with van der Waals surface area (Å²) in [6, 6.07) is 69.0. The Kier molecular flexibility index (Phi) is 28.1. The molecule has 16 aromatic rings. The van der Waals surface area contributed by atoms with Gasteiger partial charge < -0.3 is 57.4 Å². The average molecular weight is 1840 g/mol. The van der Waals surface area contributed by atoms with Gasteiger partial charge in [-0.3, -0.25) is 25.0 Å². The van der Waals surface area contributed by atoms with Crippen molar-refractivity contribution >= 4 is 95.1 Å². The van der Waals surface area contributed by atoms with Crippen LogP contribution in [0.2, 0.25) is 0 Å². The highest BCUT2D eigenvalue weighted by atomic mass is 32.2. The SMILES string of the molecule is C#CC(=O)N[C@H]1CC[C@@H](n2nc(-c3ccc(Oc4ccccc4)cc3)c3c(N)ncnc32)CN1.C/C=C/C(=O)N1CCCC(n2nc(-c3ccc(Oc4ccccc4)cc3)c3c(N)ncnc32)C1.C=CC(=O)N[C@H]1CC[C@@H](n2nc(-c3ccc(Oc4ccccc4)cc3)c3c(N)ncnc32)CN1.C=CS(=O)(=O)N1CCCC(n2nc(-c3ccc(Oc4ccccc4)cc3)c3c(N)ncnc32)C1. The number of hydrogen-bond donors (Lipinski definition) is 8. The van der Waals surface area contributed by atoms with E-state index >= 15 is 0 Å². The maximum absolute atomic E-state index is 12.4. The Balaban J connectivity index is 0.000000126. The molecule has 35 nitrogen and oxygen atoms in total. The zero-order valence-electron chi connectivity index (χ0n) is 74.2. The normalized spacial score (nSPS) is 17.2. The van der Waals surface area contributed by atoms with Crippen molar-refractivity contribution < 1.29 is 41.7 Å². The number of terminal acetylenes is 1. The second kappa shape index (κ2) is 41.9. The fourth-order valence-corrected chi connectivity index (χ4v) is 17.8. The van der Waals surface area contributed by atoms with Gasteiger partial charge >= 0.3 is 0 Å². The highest BCUT2D eigenvalue weighted by Gasteiger charge is 2.35. The molecule has 4 saturated heterocycles. The van der Waals surface area contributed by atoms with Crippen molar-refractivity contribution in [1.29, 1.82) is 0 Å². The number of nitrogens with one attached hydrogen (secondary N) is 4. The number of hydrogen-bond acceptors (Lipinski definition) is 27. The molecule has 688 valence electrons. The summed E-state index contributed by atoms with van der Waals surface area (Å²) in [6.45, 7) is 12.1. The number of nitrogen functional groups attached to an aromatic ring is 4. The first-order valence-electron chi connectivity index (χ1n) is 44.3. The number of rotatable bonds is 22. The van der Waals surface area contributed by atoms with E-state index in [1.54, 1.807) is 16.8 Å². The number of para-hydroxylation sites is 4. The number of nitrogens with zero attached hydrogens (tertiary/aromatic N) is 18. The maximum Gasteiger partial charge on any atom is 0.296 e. The predicted molar refractivity (Wildman–Crippen MR) is 521 cm³/mol. The van der Waals surface area contributed by atoms with E-state index in [4.69, 9.17) is 68.7 Å². The van der Waals surface area contributed by atoms with Crippen LogP contribution in [0, 0.1) is 12.3 Å². The lowest BCUT2D eigenvalue weighted by atomic mass is 10.1. The van der Waals surface area contributed by atoms with Crippen LogP contribution >= 0.6 is 0 Å². The summed E-state index contributed by atoms with van der Waals surface area (Å²) in [7, 11) is -3.51. The van der Waals surface area contributed by atoms with Crippen LogP contribution in [0.5, 0.6) is 46.0 Å². The van der Waals surface area contributed by atoms with E-state index in [0.717, 1.165) is 135 Å². The van der Waals surface area contributed by atoms with Crippen molar-refractivity contribution in [3.05, 3.63) is 280 Å². The Morgan fingerprint density at radius 1 is 0.419 bits per heavy atom. The molecule has 6 atom stereocenters. The van der Waals surface area contributed by atoms with Gasteiger partial charge in [-0.25, -0.2) is 67.0 Å². The molecule has 3 amide bonds. The van der Waals surface area contributed by atoms with Crippen molar-refractivity contribution in [3.63, 3.8) is 0 Å². The molecule has 12 N–H and O–H groups in total. The molecule has 2 unspecified atom stereocenters. The van der Waals surface area contributed by atoms with Crippen LogP contribution in [0.3, 0.4) is 0 Å². The fraction of sp³-hybridized carbons (Fsp3) is 0.210. The van der Waals surface area contributed by atoms with Crippen LogP contribution in [-0.2, 0) is 24.4 Å². The number of benzene rings is 8. The van der Waals surface area contributed by atoms with Gasteiger partial charge in [0.1, 0.15) is 117 Å². The van der Waals surface area contributed by atoms with Gasteiger partial charge in [0.25, 0.3) is 5.91 Å². The molecule has 8 aromatic heterocycles. The minimum atomic E-state index is -3.51. The second-order valence-corrected chi connectivity index (χ2v) is 34.3. The summed E-state index contributed by atoms with van der Waals surface area (Å²) in [5.74, 6) is 8.88.